The van der Waals surface area contributed by atoms with Crippen LogP contribution >= 0.6 is 0 Å². The molecular formula is C17H21NO5S. The normalized spacial score (nSPS) is 11.5. The molecule has 0 radical (unpaired) electrons. The number of benzene rings is 2. The highest BCUT2D eigenvalue weighted by molar-refractivity contribution is 7.90. The summed E-state index contributed by atoms with van der Waals surface area (Å²) >= 11 is 0. The van der Waals surface area contributed by atoms with Crippen LogP contribution in [0.15, 0.2) is 47.4 Å². The summed E-state index contributed by atoms with van der Waals surface area (Å²) in [4.78, 5) is 12.0. The van der Waals surface area contributed by atoms with Gasteiger partial charge in [0.05, 0.1) is 18.1 Å². The molecule has 6 nitrogen and oxygen atoms in total. The summed E-state index contributed by atoms with van der Waals surface area (Å²) in [5.74, 6) is -0.543. The number of hydrogen-bond acceptors (Lipinski definition) is 5. The van der Waals surface area contributed by atoms with Crippen molar-refractivity contribution in [3.63, 3.8) is 0 Å². The summed E-state index contributed by atoms with van der Waals surface area (Å²) in [6.07, 6.45) is 0.525. The van der Waals surface area contributed by atoms with Gasteiger partial charge >= 0.3 is 0 Å². The Bertz CT molecular complexity index is 783. The summed E-state index contributed by atoms with van der Waals surface area (Å²) < 4.78 is 37.1. The van der Waals surface area contributed by atoms with E-state index in [0.717, 1.165) is 5.39 Å². The number of amides is 1. The smallest absolute Gasteiger partial charge is 0.264 e. The molecule has 0 spiro atoms. The lowest BCUT2D eigenvalue weighted by Gasteiger charge is -2.10. The minimum Gasteiger partial charge on any atom is -0.382 e. The first-order valence-corrected chi connectivity index (χ1v) is 9.13. The van der Waals surface area contributed by atoms with Crippen molar-refractivity contribution in [3.05, 3.63) is 42.5 Å². The number of hydrogen-bond donors (Lipinski definition) is 1. The number of ether oxygens (including phenoxy) is 2. The molecule has 0 aliphatic rings. The Morgan fingerprint density at radius 3 is 2.58 bits per heavy atom. The maximum absolute atomic E-state index is 12.5. The van der Waals surface area contributed by atoms with Gasteiger partial charge in [-0.2, -0.15) is 0 Å². The number of nitrogens with one attached hydrogen (secondary N) is 1. The summed E-state index contributed by atoms with van der Waals surface area (Å²) in [7, 11) is -2.32. The van der Waals surface area contributed by atoms with Gasteiger partial charge in [-0.1, -0.05) is 36.4 Å². The highest BCUT2D eigenvalue weighted by atomic mass is 32.2. The van der Waals surface area contributed by atoms with Crippen LogP contribution < -0.4 is 4.72 Å². The van der Waals surface area contributed by atoms with Crippen LogP contribution in [-0.4, -0.2) is 41.3 Å². The number of rotatable bonds is 9. The molecule has 0 bridgehead atoms. The van der Waals surface area contributed by atoms with E-state index in [2.05, 4.69) is 4.72 Å². The summed E-state index contributed by atoms with van der Waals surface area (Å²) in [5.41, 5.74) is 0. The van der Waals surface area contributed by atoms with Crippen LogP contribution in [0.5, 0.6) is 0 Å². The van der Waals surface area contributed by atoms with Crippen LogP contribution in [0.2, 0.25) is 0 Å². The molecule has 1 amide bonds. The third-order valence-electron chi connectivity index (χ3n) is 3.41. The van der Waals surface area contributed by atoms with Crippen LogP contribution in [0.4, 0.5) is 0 Å². The summed E-state index contributed by atoms with van der Waals surface area (Å²) in [6, 6.07) is 12.1. The van der Waals surface area contributed by atoms with E-state index in [-0.39, 0.29) is 11.3 Å². The lowest BCUT2D eigenvalue weighted by atomic mass is 10.1. The number of methoxy groups -OCH3 is 1. The largest absolute Gasteiger partial charge is 0.382 e. The fourth-order valence-corrected chi connectivity index (χ4v) is 3.51. The van der Waals surface area contributed by atoms with Crippen molar-refractivity contribution in [2.75, 3.05) is 26.9 Å². The monoisotopic (exact) mass is 351 g/mol. The fraction of sp³-hybridized carbons (Fsp3) is 0.353. The molecule has 0 heterocycles. The van der Waals surface area contributed by atoms with E-state index in [1.54, 1.807) is 25.3 Å². The van der Waals surface area contributed by atoms with Crippen molar-refractivity contribution in [3.8, 4) is 0 Å². The molecule has 0 atom stereocenters. The first kappa shape index (κ1) is 18.4. The first-order chi connectivity index (χ1) is 11.5. The molecule has 0 fully saturated rings. The van der Waals surface area contributed by atoms with Crippen molar-refractivity contribution in [2.45, 2.75) is 17.7 Å². The molecule has 0 aliphatic carbocycles. The van der Waals surface area contributed by atoms with E-state index in [0.29, 0.717) is 31.6 Å². The Balaban J connectivity index is 1.96. The molecule has 24 heavy (non-hydrogen) atoms. The van der Waals surface area contributed by atoms with Gasteiger partial charge in [-0.25, -0.2) is 13.1 Å². The molecular weight excluding hydrogens is 330 g/mol. The van der Waals surface area contributed by atoms with Crippen molar-refractivity contribution >= 4 is 26.7 Å². The second-order valence-corrected chi connectivity index (χ2v) is 6.87. The quantitative estimate of drug-likeness (QED) is 0.700. The van der Waals surface area contributed by atoms with Crippen molar-refractivity contribution in [2.24, 2.45) is 0 Å². The number of carbonyl (C=O) groups is 1. The second kappa shape index (κ2) is 8.77. The predicted molar refractivity (Wildman–Crippen MR) is 91.2 cm³/mol. The number of carbonyl (C=O) groups excluding carboxylic acids is 1. The lowest BCUT2D eigenvalue weighted by molar-refractivity contribution is -0.119. The molecule has 0 aliphatic heterocycles. The molecule has 0 saturated heterocycles. The Hall–Kier alpha value is -1.96. The zero-order valence-electron chi connectivity index (χ0n) is 13.5. The van der Waals surface area contributed by atoms with Crippen LogP contribution in [0.1, 0.15) is 12.8 Å². The molecule has 0 unspecified atom stereocenters. The SMILES string of the molecule is COCCOCCCC(=O)NS(=O)(=O)c1cccc2ccccc12. The molecule has 1 N–H and O–H groups in total. The maximum atomic E-state index is 12.5. The van der Waals surface area contributed by atoms with E-state index in [9.17, 15) is 13.2 Å². The summed E-state index contributed by atoms with van der Waals surface area (Å²) in [6.45, 7) is 1.32. The highest BCUT2D eigenvalue weighted by Crippen LogP contribution is 2.22. The average molecular weight is 351 g/mol. The lowest BCUT2D eigenvalue weighted by Crippen LogP contribution is -2.30. The van der Waals surface area contributed by atoms with E-state index in [4.69, 9.17) is 9.47 Å². The molecule has 7 heteroatoms. The second-order valence-electron chi connectivity index (χ2n) is 5.21. The van der Waals surface area contributed by atoms with Gasteiger partial charge in [-0.15, -0.1) is 0 Å². The van der Waals surface area contributed by atoms with E-state index >= 15 is 0 Å². The van der Waals surface area contributed by atoms with Crippen LogP contribution in [0.3, 0.4) is 0 Å². The topological polar surface area (TPSA) is 81.7 Å². The van der Waals surface area contributed by atoms with Gasteiger partial charge in [0, 0.05) is 25.5 Å². The van der Waals surface area contributed by atoms with Gasteiger partial charge in [0.25, 0.3) is 10.0 Å². The molecule has 2 rings (SSSR count). The van der Waals surface area contributed by atoms with Gasteiger partial charge < -0.3 is 9.47 Å². The molecule has 130 valence electrons. The first-order valence-electron chi connectivity index (χ1n) is 7.64. The highest BCUT2D eigenvalue weighted by Gasteiger charge is 2.19. The predicted octanol–water partition coefficient (Wildman–Crippen LogP) is 2.09. The Morgan fingerprint density at radius 2 is 1.79 bits per heavy atom. The average Bonchev–Trinajstić information content (AvgIpc) is 2.57. The van der Waals surface area contributed by atoms with Gasteiger partial charge in [0.2, 0.25) is 5.91 Å². The molecule has 0 saturated carbocycles. The minimum absolute atomic E-state index is 0.0803. The third kappa shape index (κ3) is 5.02. The Morgan fingerprint density at radius 1 is 1.04 bits per heavy atom. The number of fused-ring (bicyclic) bond motifs is 1. The summed E-state index contributed by atoms with van der Waals surface area (Å²) in [5, 5.41) is 1.39. The Kier molecular flexibility index (Phi) is 6.72. The van der Waals surface area contributed by atoms with Gasteiger partial charge in [-0.3, -0.25) is 4.79 Å². The molecule has 0 aromatic heterocycles. The van der Waals surface area contributed by atoms with Crippen LogP contribution in [0, 0.1) is 0 Å². The van der Waals surface area contributed by atoms with Crippen LogP contribution in [0.25, 0.3) is 10.8 Å². The van der Waals surface area contributed by atoms with Crippen molar-refractivity contribution in [1.29, 1.82) is 0 Å². The Labute approximate surface area is 141 Å². The van der Waals surface area contributed by atoms with E-state index in [1.165, 1.54) is 6.07 Å². The fourth-order valence-electron chi connectivity index (χ4n) is 2.27. The number of sulfonamides is 1. The van der Waals surface area contributed by atoms with Crippen molar-refractivity contribution < 1.29 is 22.7 Å². The zero-order chi connectivity index (χ0) is 17.4. The van der Waals surface area contributed by atoms with Crippen molar-refractivity contribution in [1.82, 2.24) is 4.72 Å². The van der Waals surface area contributed by atoms with E-state index < -0.39 is 15.9 Å². The van der Waals surface area contributed by atoms with Gasteiger partial charge in [-0.05, 0) is 17.9 Å². The third-order valence-corrected chi connectivity index (χ3v) is 4.84. The molecule has 2 aromatic carbocycles. The zero-order valence-corrected chi connectivity index (χ0v) is 14.3. The van der Waals surface area contributed by atoms with Crippen LogP contribution in [-0.2, 0) is 24.3 Å². The standard InChI is InChI=1S/C17H21NO5S/c1-22-12-13-23-11-5-10-17(19)18-24(20,21)16-9-4-7-14-6-2-3-8-15(14)16/h2-4,6-9H,5,10-13H2,1H3,(H,18,19). The van der Waals surface area contributed by atoms with Gasteiger partial charge in [0.15, 0.2) is 0 Å². The maximum Gasteiger partial charge on any atom is 0.264 e. The van der Waals surface area contributed by atoms with E-state index in [1.807, 2.05) is 18.2 Å². The van der Waals surface area contributed by atoms with Gasteiger partial charge in [0.1, 0.15) is 0 Å². The molecule has 2 aromatic rings. The minimum atomic E-state index is -3.90.